The van der Waals surface area contributed by atoms with Gasteiger partial charge in [0.25, 0.3) is 0 Å². The van der Waals surface area contributed by atoms with Gasteiger partial charge in [0.15, 0.2) is 0 Å². The van der Waals surface area contributed by atoms with Gasteiger partial charge in [-0.05, 0) is 0 Å². The zero-order valence-corrected chi connectivity index (χ0v) is 7.44. The molecule has 2 fully saturated rings. The van der Waals surface area contributed by atoms with Crippen LogP contribution in [-0.2, 0) is 14.4 Å². The average Bonchev–Trinajstić information content (AvgIpc) is 2.63. The molecule has 0 aliphatic heterocycles. The van der Waals surface area contributed by atoms with Crippen LogP contribution in [0.5, 0.6) is 0 Å². The minimum absolute atomic E-state index is 0.503. The van der Waals surface area contributed by atoms with E-state index in [0.29, 0.717) is 0 Å². The molecule has 0 amide bonds. The number of carbonyl (C=O) groups is 3. The van der Waals surface area contributed by atoms with Crippen molar-refractivity contribution in [3.63, 3.8) is 0 Å². The minimum atomic E-state index is -2.79. The summed E-state index contributed by atoms with van der Waals surface area (Å²) < 4.78 is 13.7. The third kappa shape index (κ3) is 0.883. The van der Waals surface area contributed by atoms with E-state index in [1.165, 1.54) is 0 Å². The normalized spacial score (nSPS) is 47.5. The molecule has 7 heteroatoms. The molecular formula is C8H8FNO5. The number of fused-ring (bicyclic) bond motifs is 1. The maximum absolute atomic E-state index is 13.7. The molecule has 4 N–H and O–H groups in total. The van der Waals surface area contributed by atoms with Crippen molar-refractivity contribution in [3.8, 4) is 0 Å². The largest absolute Gasteiger partial charge is 0.480 e. The van der Waals surface area contributed by atoms with Gasteiger partial charge in [-0.1, -0.05) is 0 Å². The van der Waals surface area contributed by atoms with E-state index >= 15 is 0 Å². The molecule has 0 saturated heterocycles. The molecule has 0 radical (unpaired) electrons. The summed E-state index contributed by atoms with van der Waals surface area (Å²) in [6.07, 6.45) is -0.503. The fourth-order valence-electron chi connectivity index (χ4n) is 2.43. The minimum Gasteiger partial charge on any atom is -0.480 e. The first kappa shape index (κ1) is 10.0. The number of halogens is 1. The van der Waals surface area contributed by atoms with Crippen LogP contribution in [0.2, 0.25) is 0 Å². The van der Waals surface area contributed by atoms with Crippen molar-refractivity contribution in [1.82, 2.24) is 0 Å². The molecule has 2 aliphatic carbocycles. The molecule has 6 nitrogen and oxygen atoms in total. The molecule has 0 heterocycles. The highest BCUT2D eigenvalue weighted by Gasteiger charge is 2.85. The number of carbonyl (C=O) groups excluding carboxylic acids is 1. The highest BCUT2D eigenvalue weighted by molar-refractivity contribution is 6.06. The summed E-state index contributed by atoms with van der Waals surface area (Å²) in [6, 6.07) is 0. The molecule has 4 atom stereocenters. The van der Waals surface area contributed by atoms with Gasteiger partial charge in [0.2, 0.25) is 5.67 Å². The zero-order valence-electron chi connectivity index (χ0n) is 7.44. The molecule has 2 aliphatic rings. The Labute approximate surface area is 82.9 Å². The molecule has 0 aromatic rings. The lowest BCUT2D eigenvalue weighted by Crippen LogP contribution is -2.52. The fourth-order valence-corrected chi connectivity index (χ4v) is 2.43. The van der Waals surface area contributed by atoms with Gasteiger partial charge in [0.1, 0.15) is 11.3 Å². The lowest BCUT2D eigenvalue weighted by molar-refractivity contribution is -0.151. The van der Waals surface area contributed by atoms with Gasteiger partial charge in [-0.25, -0.2) is 9.18 Å². The first-order chi connectivity index (χ1) is 6.76. The number of Topliss-reactive ketones (excluding diaryl/α,β-unsaturated/α-hetero) is 1. The second-order valence-corrected chi connectivity index (χ2v) is 4.02. The number of aliphatic carboxylic acids is 2. The van der Waals surface area contributed by atoms with Crippen molar-refractivity contribution in [2.24, 2.45) is 17.6 Å². The van der Waals surface area contributed by atoms with Crippen LogP contribution in [0.3, 0.4) is 0 Å². The predicted octanol–water partition coefficient (Wildman–Crippen LogP) is -1.22. The van der Waals surface area contributed by atoms with E-state index < -0.39 is 47.2 Å². The Kier molecular flexibility index (Phi) is 1.57. The second kappa shape index (κ2) is 2.35. The van der Waals surface area contributed by atoms with Crippen molar-refractivity contribution < 1.29 is 29.0 Å². The lowest BCUT2D eigenvalue weighted by Gasteiger charge is -2.21. The standard InChI is InChI=1S/C8H8FNO5/c9-8(6(14)15)3-2(11)1-7(10,4(3)8)5(12)13/h3-4H,1,10H2,(H,12,13)(H,14,15)/t3-,4-,7+,8?/m1/s1. The fraction of sp³-hybridized carbons (Fsp3) is 0.625. The van der Waals surface area contributed by atoms with Crippen molar-refractivity contribution in [2.45, 2.75) is 17.6 Å². The van der Waals surface area contributed by atoms with Crippen molar-refractivity contribution in [3.05, 3.63) is 0 Å². The number of rotatable bonds is 2. The van der Waals surface area contributed by atoms with Gasteiger partial charge in [0.05, 0.1) is 5.92 Å². The van der Waals surface area contributed by atoms with Gasteiger partial charge in [-0.3, -0.25) is 9.59 Å². The molecule has 2 rings (SSSR count). The maximum atomic E-state index is 13.7. The van der Waals surface area contributed by atoms with E-state index in [4.69, 9.17) is 15.9 Å². The summed E-state index contributed by atoms with van der Waals surface area (Å²) in [5.41, 5.74) is 0.503. The summed E-state index contributed by atoms with van der Waals surface area (Å²) >= 11 is 0. The Morgan fingerprint density at radius 2 is 1.93 bits per heavy atom. The van der Waals surface area contributed by atoms with Crippen LogP contribution in [0.15, 0.2) is 0 Å². The first-order valence-electron chi connectivity index (χ1n) is 4.23. The number of alkyl halides is 1. The van der Waals surface area contributed by atoms with Gasteiger partial charge in [-0.2, -0.15) is 0 Å². The molecule has 1 unspecified atom stereocenters. The third-order valence-corrected chi connectivity index (χ3v) is 3.22. The van der Waals surface area contributed by atoms with E-state index in [1.54, 1.807) is 0 Å². The Morgan fingerprint density at radius 1 is 1.40 bits per heavy atom. The van der Waals surface area contributed by atoms with Crippen molar-refractivity contribution in [2.75, 3.05) is 0 Å². The Morgan fingerprint density at radius 3 is 2.27 bits per heavy atom. The summed E-state index contributed by atoms with van der Waals surface area (Å²) in [7, 11) is 0. The molecule has 0 aromatic heterocycles. The number of carboxylic acids is 2. The topological polar surface area (TPSA) is 118 Å². The van der Waals surface area contributed by atoms with Crippen LogP contribution in [0.25, 0.3) is 0 Å². The molecule has 2 saturated carbocycles. The summed E-state index contributed by atoms with van der Waals surface area (Å²) in [6.45, 7) is 0. The smallest absolute Gasteiger partial charge is 0.342 e. The van der Waals surface area contributed by atoms with Crippen LogP contribution in [0.4, 0.5) is 4.39 Å². The number of hydrogen-bond acceptors (Lipinski definition) is 4. The lowest BCUT2D eigenvalue weighted by atomic mass is 9.90. The van der Waals surface area contributed by atoms with E-state index in [1.807, 2.05) is 0 Å². The van der Waals surface area contributed by atoms with E-state index in [9.17, 15) is 18.8 Å². The molecule has 0 spiro atoms. The number of hydrogen-bond donors (Lipinski definition) is 3. The van der Waals surface area contributed by atoms with Crippen molar-refractivity contribution in [1.29, 1.82) is 0 Å². The van der Waals surface area contributed by atoms with E-state index in [2.05, 4.69) is 0 Å². The number of nitrogens with two attached hydrogens (primary N) is 1. The molecule has 82 valence electrons. The second-order valence-electron chi connectivity index (χ2n) is 4.02. The number of ketones is 1. The highest BCUT2D eigenvalue weighted by atomic mass is 19.1. The van der Waals surface area contributed by atoms with Crippen LogP contribution in [-0.4, -0.2) is 39.1 Å². The number of carboxylic acid groups (broad SMARTS) is 2. The van der Waals surface area contributed by atoms with Crippen LogP contribution in [0, 0.1) is 11.8 Å². The summed E-state index contributed by atoms with van der Waals surface area (Å²) in [4.78, 5) is 32.6. The average molecular weight is 217 g/mol. The quantitative estimate of drug-likeness (QED) is 0.533. The molecular weight excluding hydrogens is 209 g/mol. The van der Waals surface area contributed by atoms with Gasteiger partial charge in [-0.15, -0.1) is 0 Å². The van der Waals surface area contributed by atoms with Crippen molar-refractivity contribution >= 4 is 17.7 Å². The third-order valence-electron chi connectivity index (χ3n) is 3.22. The predicted molar refractivity (Wildman–Crippen MR) is 42.6 cm³/mol. The Balaban J connectivity index is 2.42. The van der Waals surface area contributed by atoms with Crippen LogP contribution < -0.4 is 5.73 Å². The van der Waals surface area contributed by atoms with Gasteiger partial charge in [0, 0.05) is 12.3 Å². The maximum Gasteiger partial charge on any atom is 0.342 e. The Bertz CT molecular complexity index is 396. The summed E-state index contributed by atoms with van der Waals surface area (Å²) in [5, 5.41) is 17.3. The van der Waals surface area contributed by atoms with E-state index in [0.717, 1.165) is 0 Å². The molecule has 15 heavy (non-hydrogen) atoms. The first-order valence-corrected chi connectivity index (χ1v) is 4.23. The zero-order chi connectivity index (χ0) is 11.6. The van der Waals surface area contributed by atoms with Crippen LogP contribution >= 0.6 is 0 Å². The van der Waals surface area contributed by atoms with Gasteiger partial charge < -0.3 is 15.9 Å². The Hall–Kier alpha value is -1.50. The van der Waals surface area contributed by atoms with Gasteiger partial charge >= 0.3 is 11.9 Å². The SMILES string of the molecule is N[C@@]1(C(=O)O)CC(=O)[C@@H]2[C@H]1C2(F)C(=O)O. The van der Waals surface area contributed by atoms with Crippen LogP contribution in [0.1, 0.15) is 6.42 Å². The van der Waals surface area contributed by atoms with E-state index in [-0.39, 0.29) is 0 Å². The molecule has 0 aromatic carbocycles. The molecule has 0 bridgehead atoms. The highest BCUT2D eigenvalue weighted by Crippen LogP contribution is 2.64. The summed E-state index contributed by atoms with van der Waals surface area (Å²) in [5.74, 6) is -6.91. The monoisotopic (exact) mass is 217 g/mol.